The van der Waals surface area contributed by atoms with Crippen molar-refractivity contribution >= 4 is 5.97 Å². The van der Waals surface area contributed by atoms with Gasteiger partial charge in [0.2, 0.25) is 5.82 Å². The van der Waals surface area contributed by atoms with Crippen LogP contribution in [-0.4, -0.2) is 27.8 Å². The molecule has 0 aliphatic heterocycles. The van der Waals surface area contributed by atoms with Crippen molar-refractivity contribution in [2.24, 2.45) is 0 Å². The normalized spacial score (nSPS) is 10.5. The molecule has 0 bridgehead atoms. The van der Waals surface area contributed by atoms with E-state index < -0.39 is 5.97 Å². The smallest absolute Gasteiger partial charge is 0.307 e. The van der Waals surface area contributed by atoms with E-state index in [1.54, 1.807) is 24.3 Å². The van der Waals surface area contributed by atoms with Gasteiger partial charge in [0.15, 0.2) is 6.61 Å². The molecule has 0 spiro atoms. The molecule has 2 aromatic carbocycles. The minimum Gasteiger partial charge on any atom is -0.494 e. The molecule has 0 saturated heterocycles. The quantitative estimate of drug-likeness (QED) is 0.663. The van der Waals surface area contributed by atoms with Crippen molar-refractivity contribution < 1.29 is 23.9 Å². The molecule has 0 aliphatic rings. The van der Waals surface area contributed by atoms with Gasteiger partial charge in [-0.2, -0.15) is 4.98 Å². The number of hydrogen-bond acceptors (Lipinski definition) is 6. The van der Waals surface area contributed by atoms with E-state index in [2.05, 4.69) is 10.1 Å². The second kappa shape index (κ2) is 8.15. The zero-order chi connectivity index (χ0) is 18.4. The van der Waals surface area contributed by atoms with Crippen molar-refractivity contribution in [3.8, 4) is 22.9 Å². The average molecular weight is 354 g/mol. The van der Waals surface area contributed by atoms with Crippen LogP contribution < -0.4 is 9.47 Å². The molecule has 0 atom stereocenters. The Labute approximate surface area is 150 Å². The van der Waals surface area contributed by atoms with E-state index in [1.165, 1.54) is 0 Å². The summed E-state index contributed by atoms with van der Waals surface area (Å²) < 4.78 is 16.2. The summed E-state index contributed by atoms with van der Waals surface area (Å²) in [5, 5.41) is 12.7. The molecule has 134 valence electrons. The number of carbonyl (C=O) groups is 1. The maximum absolute atomic E-state index is 10.7. The van der Waals surface area contributed by atoms with E-state index in [-0.39, 0.29) is 13.0 Å². The second-order valence-corrected chi connectivity index (χ2v) is 5.47. The summed E-state index contributed by atoms with van der Waals surface area (Å²) in [5.74, 6) is 1.34. The Hall–Kier alpha value is -3.35. The molecule has 26 heavy (non-hydrogen) atoms. The molecule has 3 rings (SSSR count). The zero-order valence-corrected chi connectivity index (χ0v) is 14.2. The molecule has 0 fully saturated rings. The molecule has 3 aromatic rings. The van der Waals surface area contributed by atoms with E-state index >= 15 is 0 Å². The summed E-state index contributed by atoms with van der Waals surface area (Å²) in [6, 6.07) is 14.3. The van der Waals surface area contributed by atoms with Crippen molar-refractivity contribution in [1.29, 1.82) is 0 Å². The molecule has 0 amide bonds. The number of aromatic nitrogens is 2. The highest BCUT2D eigenvalue weighted by atomic mass is 16.5. The van der Waals surface area contributed by atoms with Gasteiger partial charge in [0.05, 0.1) is 13.0 Å². The first-order valence-electron chi connectivity index (χ1n) is 8.13. The van der Waals surface area contributed by atoms with Crippen LogP contribution in [0, 0.1) is 0 Å². The van der Waals surface area contributed by atoms with Crippen LogP contribution in [0.4, 0.5) is 0 Å². The second-order valence-electron chi connectivity index (χ2n) is 5.47. The summed E-state index contributed by atoms with van der Waals surface area (Å²) in [7, 11) is 0. The lowest BCUT2D eigenvalue weighted by molar-refractivity contribution is -0.136. The highest BCUT2D eigenvalue weighted by Crippen LogP contribution is 2.21. The molecule has 0 radical (unpaired) electrons. The molecule has 1 heterocycles. The number of carboxylic acids is 1. The Bertz CT molecular complexity index is 856. The summed E-state index contributed by atoms with van der Waals surface area (Å²) in [5.41, 5.74) is 1.53. The fraction of sp³-hybridized carbons (Fsp3) is 0.211. The minimum absolute atomic E-state index is 0.0185. The zero-order valence-electron chi connectivity index (χ0n) is 14.2. The van der Waals surface area contributed by atoms with Crippen molar-refractivity contribution in [2.45, 2.75) is 20.0 Å². The van der Waals surface area contributed by atoms with Crippen LogP contribution >= 0.6 is 0 Å². The van der Waals surface area contributed by atoms with Crippen molar-refractivity contribution in [2.75, 3.05) is 6.61 Å². The molecule has 0 unspecified atom stereocenters. The highest BCUT2D eigenvalue weighted by molar-refractivity contribution is 5.70. The minimum atomic E-state index is -0.869. The Morgan fingerprint density at radius 1 is 1.04 bits per heavy atom. The Morgan fingerprint density at radius 3 is 2.35 bits per heavy atom. The third kappa shape index (κ3) is 4.60. The van der Waals surface area contributed by atoms with Gasteiger partial charge >= 0.3 is 5.97 Å². The molecule has 7 heteroatoms. The lowest BCUT2D eigenvalue weighted by Gasteiger charge is -2.04. The lowest BCUT2D eigenvalue weighted by Crippen LogP contribution is -2.00. The van der Waals surface area contributed by atoms with Crippen LogP contribution in [-0.2, 0) is 17.8 Å². The molecular formula is C19H18N2O5. The first-order valence-corrected chi connectivity index (χ1v) is 8.13. The van der Waals surface area contributed by atoms with Crippen LogP contribution in [0.1, 0.15) is 18.4 Å². The first kappa shape index (κ1) is 17.5. The predicted octanol–water partition coefficient (Wildman–Crippen LogP) is 3.34. The van der Waals surface area contributed by atoms with Crippen molar-refractivity contribution in [1.82, 2.24) is 10.1 Å². The van der Waals surface area contributed by atoms with Crippen molar-refractivity contribution in [3.63, 3.8) is 0 Å². The fourth-order valence-corrected chi connectivity index (χ4v) is 2.32. The third-order valence-electron chi connectivity index (χ3n) is 3.53. The number of carboxylic acid groups (broad SMARTS) is 1. The van der Waals surface area contributed by atoms with Gasteiger partial charge in [-0.1, -0.05) is 17.3 Å². The first-order chi connectivity index (χ1) is 12.6. The number of benzene rings is 2. The maximum atomic E-state index is 10.7. The van der Waals surface area contributed by atoms with Gasteiger partial charge in [-0.05, 0) is 48.9 Å². The van der Waals surface area contributed by atoms with Crippen LogP contribution in [0.3, 0.4) is 0 Å². The van der Waals surface area contributed by atoms with Gasteiger partial charge in [0.25, 0.3) is 5.89 Å². The number of nitrogens with zero attached hydrogens (tertiary/aromatic N) is 2. The van der Waals surface area contributed by atoms with E-state index in [9.17, 15) is 4.79 Å². The largest absolute Gasteiger partial charge is 0.494 e. The number of hydrogen-bond donors (Lipinski definition) is 1. The number of aliphatic carboxylic acids is 1. The van der Waals surface area contributed by atoms with Gasteiger partial charge in [-0.25, -0.2) is 0 Å². The maximum Gasteiger partial charge on any atom is 0.307 e. The molecule has 0 aliphatic carbocycles. The Morgan fingerprint density at radius 2 is 1.69 bits per heavy atom. The number of rotatable bonds is 8. The van der Waals surface area contributed by atoms with Crippen LogP contribution in [0.5, 0.6) is 11.5 Å². The van der Waals surface area contributed by atoms with E-state index in [4.69, 9.17) is 19.1 Å². The van der Waals surface area contributed by atoms with Crippen LogP contribution in [0.15, 0.2) is 53.1 Å². The van der Waals surface area contributed by atoms with Gasteiger partial charge in [0.1, 0.15) is 11.5 Å². The molecular weight excluding hydrogens is 336 g/mol. The highest BCUT2D eigenvalue weighted by Gasteiger charge is 2.10. The lowest BCUT2D eigenvalue weighted by atomic mass is 10.1. The van der Waals surface area contributed by atoms with Gasteiger partial charge < -0.3 is 19.1 Å². The van der Waals surface area contributed by atoms with Gasteiger partial charge in [0, 0.05) is 5.56 Å². The van der Waals surface area contributed by atoms with Gasteiger partial charge in [-0.3, -0.25) is 4.79 Å². The predicted molar refractivity (Wildman–Crippen MR) is 93.0 cm³/mol. The number of ether oxygens (including phenoxy) is 2. The molecule has 7 nitrogen and oxygen atoms in total. The third-order valence-corrected chi connectivity index (χ3v) is 3.53. The summed E-state index contributed by atoms with van der Waals surface area (Å²) in [6.45, 7) is 2.67. The van der Waals surface area contributed by atoms with Gasteiger partial charge in [-0.15, -0.1) is 0 Å². The topological polar surface area (TPSA) is 94.7 Å². The SMILES string of the molecule is CCOc1ccc(-c2noc(COc3ccc(CC(=O)O)cc3)n2)cc1. The monoisotopic (exact) mass is 354 g/mol. The Balaban J connectivity index is 1.59. The van der Waals surface area contributed by atoms with E-state index in [1.807, 2.05) is 31.2 Å². The van der Waals surface area contributed by atoms with E-state index in [0.29, 0.717) is 29.6 Å². The van der Waals surface area contributed by atoms with Crippen LogP contribution in [0.25, 0.3) is 11.4 Å². The summed E-state index contributed by atoms with van der Waals surface area (Å²) in [6.07, 6.45) is -0.0185. The standard InChI is InChI=1S/C19H18N2O5/c1-2-24-15-9-5-14(6-10-15)19-20-17(26-21-19)12-25-16-7-3-13(4-8-16)11-18(22)23/h3-10H,2,11-12H2,1H3,(H,22,23). The molecule has 1 N–H and O–H groups in total. The molecule has 1 aromatic heterocycles. The summed E-state index contributed by atoms with van der Waals surface area (Å²) >= 11 is 0. The molecule has 0 saturated carbocycles. The summed E-state index contributed by atoms with van der Waals surface area (Å²) in [4.78, 5) is 15.0. The van der Waals surface area contributed by atoms with E-state index in [0.717, 1.165) is 11.3 Å². The average Bonchev–Trinajstić information content (AvgIpc) is 3.11. The van der Waals surface area contributed by atoms with Crippen LogP contribution in [0.2, 0.25) is 0 Å². The Kier molecular flexibility index (Phi) is 5.48. The van der Waals surface area contributed by atoms with Crippen molar-refractivity contribution in [3.05, 3.63) is 60.0 Å². The fourth-order valence-electron chi connectivity index (χ4n) is 2.32.